The zero-order valence-electron chi connectivity index (χ0n) is 12.3. The summed E-state index contributed by atoms with van der Waals surface area (Å²) in [5.41, 5.74) is 1.46. The molecule has 0 fully saturated rings. The Balaban J connectivity index is 2.72. The fourth-order valence-corrected chi connectivity index (χ4v) is 3.36. The maximum atomic E-state index is 12.2. The number of carboxylic acids is 1. The van der Waals surface area contributed by atoms with E-state index in [0.717, 1.165) is 5.52 Å². The number of fused-ring (bicyclic) bond motifs is 1. The van der Waals surface area contributed by atoms with E-state index in [-0.39, 0.29) is 11.3 Å². The molecule has 0 bridgehead atoms. The summed E-state index contributed by atoms with van der Waals surface area (Å²) in [6.07, 6.45) is 1.75. The minimum atomic E-state index is -3.29. The molecule has 0 aliphatic carbocycles. The van der Waals surface area contributed by atoms with Crippen molar-refractivity contribution in [2.45, 2.75) is 38.3 Å². The Morgan fingerprint density at radius 3 is 2.52 bits per heavy atom. The van der Waals surface area contributed by atoms with Gasteiger partial charge in [0.2, 0.25) is 0 Å². The highest BCUT2D eigenvalue weighted by molar-refractivity contribution is 7.91. The van der Waals surface area contributed by atoms with Gasteiger partial charge in [-0.25, -0.2) is 13.2 Å². The third-order valence-electron chi connectivity index (χ3n) is 3.63. The molecule has 0 aliphatic rings. The molecule has 0 spiro atoms. The first-order chi connectivity index (χ1) is 9.77. The standard InChI is InChI=1S/C15H19NO4S/c1-4-16-8-11(9-21(19,20)10(2)3)14-12(15(17)18)6-5-7-13(14)16/h5-8,10H,4,9H2,1-3H3,(H,17,18). The Hall–Kier alpha value is -1.82. The van der Waals surface area contributed by atoms with E-state index >= 15 is 0 Å². The van der Waals surface area contributed by atoms with Crippen molar-refractivity contribution in [2.75, 3.05) is 0 Å². The number of hydrogen-bond acceptors (Lipinski definition) is 3. The second kappa shape index (κ2) is 5.52. The number of aromatic nitrogens is 1. The van der Waals surface area contributed by atoms with Crippen LogP contribution in [0.2, 0.25) is 0 Å². The van der Waals surface area contributed by atoms with Crippen LogP contribution >= 0.6 is 0 Å². The summed E-state index contributed by atoms with van der Waals surface area (Å²) >= 11 is 0. The molecule has 0 unspecified atom stereocenters. The fourth-order valence-electron chi connectivity index (χ4n) is 2.37. The average Bonchev–Trinajstić information content (AvgIpc) is 2.76. The number of rotatable bonds is 5. The summed E-state index contributed by atoms with van der Waals surface area (Å²) in [6, 6.07) is 5.01. The van der Waals surface area contributed by atoms with Gasteiger partial charge in [-0.1, -0.05) is 6.07 Å². The first-order valence-electron chi connectivity index (χ1n) is 6.83. The van der Waals surface area contributed by atoms with E-state index in [0.29, 0.717) is 17.5 Å². The lowest BCUT2D eigenvalue weighted by Gasteiger charge is -2.07. The number of nitrogens with zero attached hydrogens (tertiary/aromatic N) is 1. The highest BCUT2D eigenvalue weighted by Gasteiger charge is 2.22. The molecule has 0 saturated heterocycles. The van der Waals surface area contributed by atoms with E-state index in [4.69, 9.17) is 0 Å². The van der Waals surface area contributed by atoms with Gasteiger partial charge in [-0.3, -0.25) is 0 Å². The van der Waals surface area contributed by atoms with Crippen molar-refractivity contribution in [3.63, 3.8) is 0 Å². The third kappa shape index (κ3) is 2.81. The molecular weight excluding hydrogens is 290 g/mol. The number of carbonyl (C=O) groups is 1. The molecule has 1 aromatic carbocycles. The molecule has 0 amide bonds. The fraction of sp³-hybridized carbons (Fsp3) is 0.400. The lowest BCUT2D eigenvalue weighted by Crippen LogP contribution is -2.16. The van der Waals surface area contributed by atoms with Crippen molar-refractivity contribution in [3.05, 3.63) is 35.5 Å². The summed E-state index contributed by atoms with van der Waals surface area (Å²) in [5.74, 6) is -1.18. The van der Waals surface area contributed by atoms with Crippen LogP contribution in [0.3, 0.4) is 0 Å². The maximum Gasteiger partial charge on any atom is 0.336 e. The molecule has 1 aromatic heterocycles. The summed E-state index contributed by atoms with van der Waals surface area (Å²) in [5, 5.41) is 9.37. The normalized spacial score (nSPS) is 12.2. The molecular formula is C15H19NO4S. The Bertz CT molecular complexity index is 787. The highest BCUT2D eigenvalue weighted by Crippen LogP contribution is 2.28. The van der Waals surface area contributed by atoms with Gasteiger partial charge in [0.1, 0.15) is 0 Å². The molecule has 2 rings (SSSR count). The van der Waals surface area contributed by atoms with E-state index in [2.05, 4.69) is 0 Å². The van der Waals surface area contributed by atoms with E-state index in [1.54, 1.807) is 26.1 Å². The van der Waals surface area contributed by atoms with E-state index in [1.165, 1.54) is 6.07 Å². The number of aromatic carboxylic acids is 1. The van der Waals surface area contributed by atoms with E-state index in [9.17, 15) is 18.3 Å². The summed E-state index contributed by atoms with van der Waals surface area (Å²) < 4.78 is 26.2. The van der Waals surface area contributed by atoms with Gasteiger partial charge in [-0.15, -0.1) is 0 Å². The largest absolute Gasteiger partial charge is 0.478 e. The monoisotopic (exact) mass is 309 g/mol. The lowest BCUT2D eigenvalue weighted by molar-refractivity contribution is 0.0699. The first-order valence-corrected chi connectivity index (χ1v) is 8.55. The van der Waals surface area contributed by atoms with Gasteiger partial charge in [0.25, 0.3) is 0 Å². The van der Waals surface area contributed by atoms with Crippen LogP contribution in [-0.4, -0.2) is 29.3 Å². The predicted molar refractivity (Wildman–Crippen MR) is 82.3 cm³/mol. The molecule has 1 N–H and O–H groups in total. The summed E-state index contributed by atoms with van der Waals surface area (Å²) in [6.45, 7) is 5.85. The summed E-state index contributed by atoms with van der Waals surface area (Å²) in [7, 11) is -3.29. The molecule has 6 heteroatoms. The molecule has 114 valence electrons. The highest BCUT2D eigenvalue weighted by atomic mass is 32.2. The zero-order chi connectivity index (χ0) is 15.8. The lowest BCUT2D eigenvalue weighted by atomic mass is 10.1. The van der Waals surface area contributed by atoms with Gasteiger partial charge in [0, 0.05) is 23.6 Å². The van der Waals surface area contributed by atoms with Crippen molar-refractivity contribution in [1.29, 1.82) is 0 Å². The average molecular weight is 309 g/mol. The number of hydrogen-bond donors (Lipinski definition) is 1. The smallest absolute Gasteiger partial charge is 0.336 e. The molecule has 0 aliphatic heterocycles. The van der Waals surface area contributed by atoms with Crippen LogP contribution in [-0.2, 0) is 22.1 Å². The van der Waals surface area contributed by atoms with Crippen LogP contribution in [0.25, 0.3) is 10.9 Å². The second-order valence-corrected chi connectivity index (χ2v) is 7.86. The van der Waals surface area contributed by atoms with Gasteiger partial charge < -0.3 is 9.67 Å². The Morgan fingerprint density at radius 1 is 1.33 bits per heavy atom. The minimum Gasteiger partial charge on any atom is -0.478 e. The van der Waals surface area contributed by atoms with E-state index in [1.807, 2.05) is 17.6 Å². The molecule has 21 heavy (non-hydrogen) atoms. The number of aryl methyl sites for hydroxylation is 1. The van der Waals surface area contributed by atoms with Crippen LogP contribution in [0.4, 0.5) is 0 Å². The molecule has 0 atom stereocenters. The van der Waals surface area contributed by atoms with Crippen molar-refractivity contribution >= 4 is 26.7 Å². The summed E-state index contributed by atoms with van der Waals surface area (Å²) in [4.78, 5) is 11.4. The quantitative estimate of drug-likeness (QED) is 0.921. The minimum absolute atomic E-state index is 0.140. The molecule has 5 nitrogen and oxygen atoms in total. The second-order valence-electron chi connectivity index (χ2n) is 5.30. The Kier molecular flexibility index (Phi) is 4.09. The van der Waals surface area contributed by atoms with Crippen molar-refractivity contribution in [1.82, 2.24) is 4.57 Å². The Labute approximate surface area is 124 Å². The maximum absolute atomic E-state index is 12.2. The predicted octanol–water partition coefficient (Wildman–Crippen LogP) is 2.68. The first kappa shape index (κ1) is 15.6. The van der Waals surface area contributed by atoms with Gasteiger partial charge in [-0.05, 0) is 38.5 Å². The molecule has 2 aromatic rings. The van der Waals surface area contributed by atoms with Gasteiger partial charge in [0.15, 0.2) is 9.84 Å². The van der Waals surface area contributed by atoms with Crippen LogP contribution in [0.1, 0.15) is 36.7 Å². The SMILES string of the molecule is CCn1cc(CS(=O)(=O)C(C)C)c2c(C(=O)O)cccc21. The van der Waals surface area contributed by atoms with Gasteiger partial charge in [0.05, 0.1) is 16.6 Å². The Morgan fingerprint density at radius 2 is 2.00 bits per heavy atom. The molecule has 1 heterocycles. The number of carboxylic acid groups (broad SMARTS) is 1. The molecule has 0 radical (unpaired) electrons. The van der Waals surface area contributed by atoms with Gasteiger partial charge in [-0.2, -0.15) is 0 Å². The van der Waals surface area contributed by atoms with E-state index < -0.39 is 21.1 Å². The van der Waals surface area contributed by atoms with Gasteiger partial charge >= 0.3 is 5.97 Å². The number of benzene rings is 1. The van der Waals surface area contributed by atoms with Crippen molar-refractivity contribution < 1.29 is 18.3 Å². The number of sulfone groups is 1. The van der Waals surface area contributed by atoms with Crippen molar-refractivity contribution in [2.24, 2.45) is 0 Å². The van der Waals surface area contributed by atoms with Crippen LogP contribution in [0.5, 0.6) is 0 Å². The third-order valence-corrected chi connectivity index (χ3v) is 5.78. The van der Waals surface area contributed by atoms with Crippen molar-refractivity contribution in [3.8, 4) is 0 Å². The van der Waals surface area contributed by atoms with Crippen LogP contribution in [0, 0.1) is 0 Å². The zero-order valence-corrected chi connectivity index (χ0v) is 13.1. The van der Waals surface area contributed by atoms with Crippen LogP contribution < -0.4 is 0 Å². The van der Waals surface area contributed by atoms with Crippen LogP contribution in [0.15, 0.2) is 24.4 Å². The molecule has 0 saturated carbocycles. The topological polar surface area (TPSA) is 76.4 Å².